The molecule has 1 rings (SSSR count). The van der Waals surface area contributed by atoms with Crippen molar-refractivity contribution in [2.24, 2.45) is 17.6 Å². The zero-order valence-corrected chi connectivity index (χ0v) is 10.6. The first kappa shape index (κ1) is 11.7. The molecule has 0 aromatic carbocycles. The van der Waals surface area contributed by atoms with E-state index in [1.54, 1.807) is 0 Å². The summed E-state index contributed by atoms with van der Waals surface area (Å²) >= 11 is 1.85. The summed E-state index contributed by atoms with van der Waals surface area (Å²) in [5.74, 6) is 1.19. The van der Waals surface area contributed by atoms with E-state index < -0.39 is 0 Å². The molecule has 80 valence electrons. The Kier molecular flexibility index (Phi) is 3.73. The van der Waals surface area contributed by atoms with Crippen molar-refractivity contribution >= 4 is 11.3 Å². The molecule has 2 unspecified atom stereocenters. The topological polar surface area (TPSA) is 26.0 Å². The quantitative estimate of drug-likeness (QED) is 0.811. The number of nitrogens with two attached hydrogens (primary N) is 1. The molecule has 2 heteroatoms. The van der Waals surface area contributed by atoms with Gasteiger partial charge in [0.25, 0.3) is 0 Å². The van der Waals surface area contributed by atoms with Crippen LogP contribution in [0.2, 0.25) is 0 Å². The van der Waals surface area contributed by atoms with Crippen LogP contribution >= 0.6 is 11.3 Å². The molecule has 0 amide bonds. The summed E-state index contributed by atoms with van der Waals surface area (Å²) in [4.78, 5) is 2.74. The maximum Gasteiger partial charge on any atom is 0.0334 e. The molecule has 1 aromatic heterocycles. The fraction of sp³-hybridized carbons (Fsp3) is 0.667. The summed E-state index contributed by atoms with van der Waals surface area (Å²) in [5, 5.41) is 0. The molecule has 0 saturated heterocycles. The van der Waals surface area contributed by atoms with Crippen molar-refractivity contribution in [1.82, 2.24) is 0 Å². The Morgan fingerprint density at radius 3 is 2.14 bits per heavy atom. The molecule has 1 aromatic rings. The van der Waals surface area contributed by atoms with Gasteiger partial charge in [0.15, 0.2) is 0 Å². The fourth-order valence-electron chi connectivity index (χ4n) is 1.68. The third kappa shape index (κ3) is 2.37. The SMILES string of the molecule is Cc1cc(C(N)C(C)C(C)C)c(C)s1. The number of thiophene rings is 1. The van der Waals surface area contributed by atoms with Gasteiger partial charge in [-0.05, 0) is 37.3 Å². The maximum absolute atomic E-state index is 6.26. The van der Waals surface area contributed by atoms with Crippen LogP contribution < -0.4 is 5.73 Å². The van der Waals surface area contributed by atoms with E-state index in [0.717, 1.165) is 0 Å². The van der Waals surface area contributed by atoms with Crippen LogP contribution in [-0.2, 0) is 0 Å². The monoisotopic (exact) mass is 211 g/mol. The van der Waals surface area contributed by atoms with Crippen LogP contribution in [0.4, 0.5) is 0 Å². The van der Waals surface area contributed by atoms with Crippen LogP contribution in [0, 0.1) is 25.7 Å². The lowest BCUT2D eigenvalue weighted by Gasteiger charge is -2.23. The number of rotatable bonds is 3. The Labute approximate surface area is 91.3 Å². The molecule has 14 heavy (non-hydrogen) atoms. The van der Waals surface area contributed by atoms with Gasteiger partial charge in [-0.2, -0.15) is 0 Å². The van der Waals surface area contributed by atoms with Gasteiger partial charge < -0.3 is 5.73 Å². The van der Waals surface area contributed by atoms with Gasteiger partial charge in [-0.15, -0.1) is 11.3 Å². The molecule has 0 radical (unpaired) electrons. The largest absolute Gasteiger partial charge is 0.324 e. The highest BCUT2D eigenvalue weighted by atomic mass is 32.1. The highest BCUT2D eigenvalue weighted by Crippen LogP contribution is 2.31. The van der Waals surface area contributed by atoms with Crippen LogP contribution in [0.5, 0.6) is 0 Å². The highest BCUT2D eigenvalue weighted by Gasteiger charge is 2.20. The van der Waals surface area contributed by atoms with Crippen LogP contribution in [0.25, 0.3) is 0 Å². The molecule has 0 saturated carbocycles. The van der Waals surface area contributed by atoms with E-state index in [9.17, 15) is 0 Å². The summed E-state index contributed by atoms with van der Waals surface area (Å²) in [6.07, 6.45) is 0. The molecule has 0 aliphatic carbocycles. The summed E-state index contributed by atoms with van der Waals surface area (Å²) < 4.78 is 0. The van der Waals surface area contributed by atoms with Crippen molar-refractivity contribution in [3.63, 3.8) is 0 Å². The maximum atomic E-state index is 6.26. The van der Waals surface area contributed by atoms with Crippen molar-refractivity contribution in [1.29, 1.82) is 0 Å². The number of hydrogen-bond acceptors (Lipinski definition) is 2. The molecule has 0 aliphatic heterocycles. The molecule has 0 fully saturated rings. The minimum Gasteiger partial charge on any atom is -0.324 e. The second kappa shape index (κ2) is 4.45. The lowest BCUT2D eigenvalue weighted by Crippen LogP contribution is -2.23. The zero-order chi connectivity index (χ0) is 10.9. The molecule has 0 spiro atoms. The van der Waals surface area contributed by atoms with Gasteiger partial charge in [0.05, 0.1) is 0 Å². The van der Waals surface area contributed by atoms with E-state index in [2.05, 4.69) is 40.7 Å². The first-order chi connectivity index (χ1) is 6.43. The van der Waals surface area contributed by atoms with Crippen LogP contribution in [0.3, 0.4) is 0 Å². The van der Waals surface area contributed by atoms with Crippen molar-refractivity contribution in [2.75, 3.05) is 0 Å². The Bertz CT molecular complexity index is 301. The Morgan fingerprint density at radius 1 is 1.21 bits per heavy atom. The van der Waals surface area contributed by atoms with Gasteiger partial charge in [0.2, 0.25) is 0 Å². The third-order valence-corrected chi connectivity index (χ3v) is 4.04. The van der Waals surface area contributed by atoms with Crippen molar-refractivity contribution in [3.05, 3.63) is 21.4 Å². The van der Waals surface area contributed by atoms with Crippen molar-refractivity contribution in [3.8, 4) is 0 Å². The van der Waals surface area contributed by atoms with E-state index in [1.165, 1.54) is 15.3 Å². The van der Waals surface area contributed by atoms with Gasteiger partial charge in [0.1, 0.15) is 0 Å². The van der Waals surface area contributed by atoms with E-state index in [1.807, 2.05) is 11.3 Å². The molecule has 1 nitrogen and oxygen atoms in total. The first-order valence-corrected chi connectivity index (χ1v) is 6.07. The van der Waals surface area contributed by atoms with E-state index in [-0.39, 0.29) is 6.04 Å². The first-order valence-electron chi connectivity index (χ1n) is 5.26. The minimum absolute atomic E-state index is 0.194. The normalized spacial score (nSPS) is 15.9. The molecule has 2 atom stereocenters. The zero-order valence-electron chi connectivity index (χ0n) is 9.79. The second-order valence-electron chi connectivity index (χ2n) is 4.50. The predicted molar refractivity (Wildman–Crippen MR) is 64.7 cm³/mol. The lowest BCUT2D eigenvalue weighted by molar-refractivity contribution is 0.352. The summed E-state index contributed by atoms with van der Waals surface area (Å²) in [5.41, 5.74) is 7.60. The standard InChI is InChI=1S/C12H21NS/c1-7(2)9(4)12(13)11-6-8(3)14-10(11)5/h6-7,9,12H,13H2,1-5H3. The van der Waals surface area contributed by atoms with Crippen LogP contribution in [0.15, 0.2) is 6.07 Å². The van der Waals surface area contributed by atoms with Crippen molar-refractivity contribution in [2.45, 2.75) is 40.7 Å². The van der Waals surface area contributed by atoms with Gasteiger partial charge in [-0.3, -0.25) is 0 Å². The van der Waals surface area contributed by atoms with Gasteiger partial charge in [-0.1, -0.05) is 20.8 Å². The molecule has 2 N–H and O–H groups in total. The number of hydrogen-bond donors (Lipinski definition) is 1. The van der Waals surface area contributed by atoms with E-state index >= 15 is 0 Å². The van der Waals surface area contributed by atoms with E-state index in [0.29, 0.717) is 11.8 Å². The molecular formula is C12H21NS. The fourth-order valence-corrected chi connectivity index (χ4v) is 2.66. The van der Waals surface area contributed by atoms with Crippen LogP contribution in [-0.4, -0.2) is 0 Å². The third-order valence-electron chi connectivity index (χ3n) is 3.06. The Balaban J connectivity index is 2.88. The Morgan fingerprint density at radius 2 is 1.79 bits per heavy atom. The van der Waals surface area contributed by atoms with Gasteiger partial charge >= 0.3 is 0 Å². The molecule has 0 bridgehead atoms. The van der Waals surface area contributed by atoms with E-state index in [4.69, 9.17) is 5.73 Å². The molecule has 0 aliphatic rings. The van der Waals surface area contributed by atoms with Crippen molar-refractivity contribution < 1.29 is 0 Å². The minimum atomic E-state index is 0.194. The number of aryl methyl sites for hydroxylation is 2. The average molecular weight is 211 g/mol. The average Bonchev–Trinajstić information content (AvgIpc) is 2.42. The molecule has 1 heterocycles. The second-order valence-corrected chi connectivity index (χ2v) is 5.96. The van der Waals surface area contributed by atoms with Crippen LogP contribution in [0.1, 0.15) is 42.1 Å². The van der Waals surface area contributed by atoms with Gasteiger partial charge in [0, 0.05) is 15.8 Å². The highest BCUT2D eigenvalue weighted by molar-refractivity contribution is 7.12. The molecular weight excluding hydrogens is 190 g/mol. The Hall–Kier alpha value is -0.340. The predicted octanol–water partition coefficient (Wildman–Crippen LogP) is 3.66. The summed E-state index contributed by atoms with van der Waals surface area (Å²) in [7, 11) is 0. The summed E-state index contributed by atoms with van der Waals surface area (Å²) in [6, 6.07) is 2.43. The smallest absolute Gasteiger partial charge is 0.0334 e. The summed E-state index contributed by atoms with van der Waals surface area (Å²) in [6.45, 7) is 11.0. The van der Waals surface area contributed by atoms with Gasteiger partial charge in [-0.25, -0.2) is 0 Å². The lowest BCUT2D eigenvalue weighted by atomic mass is 9.87.